The summed E-state index contributed by atoms with van der Waals surface area (Å²) in [5, 5.41) is 6.05. The summed E-state index contributed by atoms with van der Waals surface area (Å²) in [6.07, 6.45) is 3.70. The number of anilines is 1. The van der Waals surface area contributed by atoms with E-state index in [0.29, 0.717) is 18.5 Å². The summed E-state index contributed by atoms with van der Waals surface area (Å²) < 4.78 is 22.0. The number of hydrogen-bond donors (Lipinski definition) is 2. The Morgan fingerprint density at radius 3 is 2.95 bits per heavy atom. The summed E-state index contributed by atoms with van der Waals surface area (Å²) in [5.41, 5.74) is 2.72. The quantitative estimate of drug-likeness (QED) is 0.801. The Hall–Kier alpha value is -1.56. The van der Waals surface area contributed by atoms with Crippen molar-refractivity contribution in [3.8, 4) is 0 Å². The molecule has 110 valence electrons. The molecule has 0 unspecified atom stereocenters. The summed E-state index contributed by atoms with van der Waals surface area (Å²) >= 11 is 0. The molecular formula is C14H20N2O3S. The zero-order chi connectivity index (χ0) is 14.6. The van der Waals surface area contributed by atoms with Gasteiger partial charge in [-0.1, -0.05) is 12.1 Å². The van der Waals surface area contributed by atoms with E-state index >= 15 is 0 Å². The molecule has 0 saturated heterocycles. The maximum atomic E-state index is 12.1. The van der Waals surface area contributed by atoms with E-state index < -0.39 is 9.84 Å². The van der Waals surface area contributed by atoms with E-state index in [9.17, 15) is 13.2 Å². The first kappa shape index (κ1) is 14.8. The molecule has 2 N–H and O–H groups in total. The Bertz CT molecular complexity index is 596. The van der Waals surface area contributed by atoms with E-state index in [2.05, 4.69) is 10.6 Å². The lowest BCUT2D eigenvalue weighted by Crippen LogP contribution is -2.27. The van der Waals surface area contributed by atoms with Crippen molar-refractivity contribution >= 4 is 21.4 Å². The highest BCUT2D eigenvalue weighted by atomic mass is 32.2. The molecule has 1 aliphatic rings. The number of hydrogen-bond acceptors (Lipinski definition) is 4. The SMILES string of the molecule is CS(=O)(=O)CCCNC(=O)c1cccc2c1NCCC2. The number of para-hydroxylation sites is 1. The van der Waals surface area contributed by atoms with Crippen molar-refractivity contribution in [1.82, 2.24) is 5.32 Å². The van der Waals surface area contributed by atoms with Gasteiger partial charge in [0.25, 0.3) is 5.91 Å². The fourth-order valence-electron chi connectivity index (χ4n) is 2.33. The lowest BCUT2D eigenvalue weighted by atomic mass is 9.99. The number of aryl methyl sites for hydroxylation is 1. The predicted molar refractivity (Wildman–Crippen MR) is 79.9 cm³/mol. The molecule has 0 saturated carbocycles. The van der Waals surface area contributed by atoms with Crippen LogP contribution in [0.5, 0.6) is 0 Å². The molecular weight excluding hydrogens is 276 g/mol. The number of fused-ring (bicyclic) bond motifs is 1. The lowest BCUT2D eigenvalue weighted by Gasteiger charge is -2.20. The van der Waals surface area contributed by atoms with Crippen LogP contribution >= 0.6 is 0 Å². The van der Waals surface area contributed by atoms with Gasteiger partial charge in [-0.25, -0.2) is 8.42 Å². The first-order valence-electron chi connectivity index (χ1n) is 6.79. The highest BCUT2D eigenvalue weighted by Crippen LogP contribution is 2.25. The largest absolute Gasteiger partial charge is 0.384 e. The fourth-order valence-corrected chi connectivity index (χ4v) is 3.00. The van der Waals surface area contributed by atoms with Crippen LogP contribution in [0.15, 0.2) is 18.2 Å². The van der Waals surface area contributed by atoms with E-state index in [1.54, 1.807) is 6.07 Å². The molecule has 5 nitrogen and oxygen atoms in total. The molecule has 0 fully saturated rings. The molecule has 1 amide bonds. The van der Waals surface area contributed by atoms with Gasteiger partial charge in [0.2, 0.25) is 0 Å². The van der Waals surface area contributed by atoms with Gasteiger partial charge in [-0.05, 0) is 30.9 Å². The van der Waals surface area contributed by atoms with Crippen LogP contribution in [0.4, 0.5) is 5.69 Å². The number of nitrogens with one attached hydrogen (secondary N) is 2. The van der Waals surface area contributed by atoms with Gasteiger partial charge in [-0.3, -0.25) is 4.79 Å². The Kier molecular flexibility index (Phi) is 4.65. The molecule has 1 aromatic carbocycles. The zero-order valence-corrected chi connectivity index (χ0v) is 12.4. The monoisotopic (exact) mass is 296 g/mol. The highest BCUT2D eigenvalue weighted by Gasteiger charge is 2.16. The fraction of sp³-hybridized carbons (Fsp3) is 0.500. The number of carbonyl (C=O) groups is 1. The molecule has 0 spiro atoms. The molecule has 20 heavy (non-hydrogen) atoms. The van der Waals surface area contributed by atoms with Crippen LogP contribution in [0.1, 0.15) is 28.8 Å². The second-order valence-corrected chi connectivity index (χ2v) is 7.37. The number of sulfone groups is 1. The van der Waals surface area contributed by atoms with E-state index in [0.717, 1.165) is 25.1 Å². The number of rotatable bonds is 5. The van der Waals surface area contributed by atoms with Crippen molar-refractivity contribution < 1.29 is 13.2 Å². The third-order valence-corrected chi connectivity index (χ3v) is 4.33. The van der Waals surface area contributed by atoms with Gasteiger partial charge in [0.15, 0.2) is 0 Å². The van der Waals surface area contributed by atoms with Crippen LogP contribution in [0.2, 0.25) is 0 Å². The molecule has 1 heterocycles. The van der Waals surface area contributed by atoms with Gasteiger partial charge in [-0.15, -0.1) is 0 Å². The first-order chi connectivity index (χ1) is 9.47. The molecule has 1 aromatic rings. The van der Waals surface area contributed by atoms with Crippen LogP contribution < -0.4 is 10.6 Å². The van der Waals surface area contributed by atoms with E-state index in [-0.39, 0.29) is 11.7 Å². The maximum absolute atomic E-state index is 12.1. The second-order valence-electron chi connectivity index (χ2n) is 5.11. The smallest absolute Gasteiger partial charge is 0.253 e. The molecule has 0 atom stereocenters. The standard InChI is InChI=1S/C14H20N2O3S/c1-20(18,19)10-4-9-16-14(17)12-7-2-5-11-6-3-8-15-13(11)12/h2,5,7,15H,3-4,6,8-10H2,1H3,(H,16,17). The van der Waals surface area contributed by atoms with Gasteiger partial charge in [0, 0.05) is 19.3 Å². The van der Waals surface area contributed by atoms with E-state index in [1.165, 1.54) is 11.8 Å². The summed E-state index contributed by atoms with van der Waals surface area (Å²) in [6, 6.07) is 5.71. The first-order valence-corrected chi connectivity index (χ1v) is 8.85. The summed E-state index contributed by atoms with van der Waals surface area (Å²) in [4.78, 5) is 12.1. The summed E-state index contributed by atoms with van der Waals surface area (Å²) in [7, 11) is -2.96. The van der Waals surface area contributed by atoms with Gasteiger partial charge in [0.05, 0.1) is 17.0 Å². The second kappa shape index (κ2) is 6.26. The van der Waals surface area contributed by atoms with E-state index in [1.807, 2.05) is 12.1 Å². The summed E-state index contributed by atoms with van der Waals surface area (Å²) in [5.74, 6) is -0.0527. The maximum Gasteiger partial charge on any atom is 0.253 e. The lowest BCUT2D eigenvalue weighted by molar-refractivity contribution is 0.0954. The van der Waals surface area contributed by atoms with Crippen molar-refractivity contribution in [3.63, 3.8) is 0 Å². The van der Waals surface area contributed by atoms with Crippen LogP contribution in [-0.4, -0.2) is 39.4 Å². The predicted octanol–water partition coefficient (Wildman–Crippen LogP) is 1.21. The Morgan fingerprint density at radius 1 is 1.40 bits per heavy atom. The minimum atomic E-state index is -2.96. The average molecular weight is 296 g/mol. The number of carbonyl (C=O) groups excluding carboxylic acids is 1. The average Bonchev–Trinajstić information content (AvgIpc) is 2.41. The Labute approximate surface area is 119 Å². The van der Waals surface area contributed by atoms with Crippen molar-refractivity contribution in [1.29, 1.82) is 0 Å². The van der Waals surface area contributed by atoms with Gasteiger partial charge < -0.3 is 10.6 Å². The van der Waals surface area contributed by atoms with Crippen molar-refractivity contribution in [2.75, 3.05) is 30.4 Å². The van der Waals surface area contributed by atoms with Gasteiger partial charge in [-0.2, -0.15) is 0 Å². The van der Waals surface area contributed by atoms with Crippen molar-refractivity contribution in [2.24, 2.45) is 0 Å². The minimum absolute atomic E-state index is 0.0957. The molecule has 1 aliphatic heterocycles. The molecule has 0 aromatic heterocycles. The molecule has 0 bridgehead atoms. The zero-order valence-electron chi connectivity index (χ0n) is 11.6. The minimum Gasteiger partial charge on any atom is -0.384 e. The number of benzene rings is 1. The van der Waals surface area contributed by atoms with E-state index in [4.69, 9.17) is 0 Å². The molecule has 0 aliphatic carbocycles. The Balaban J connectivity index is 1.96. The number of amides is 1. The van der Waals surface area contributed by atoms with Gasteiger partial charge in [0.1, 0.15) is 9.84 Å². The molecule has 2 rings (SSSR count). The van der Waals surface area contributed by atoms with Crippen LogP contribution in [0.25, 0.3) is 0 Å². The summed E-state index contributed by atoms with van der Waals surface area (Å²) in [6.45, 7) is 1.25. The highest BCUT2D eigenvalue weighted by molar-refractivity contribution is 7.90. The van der Waals surface area contributed by atoms with Crippen molar-refractivity contribution in [2.45, 2.75) is 19.3 Å². The molecule has 6 heteroatoms. The Morgan fingerprint density at radius 2 is 2.20 bits per heavy atom. The van der Waals surface area contributed by atoms with Crippen molar-refractivity contribution in [3.05, 3.63) is 29.3 Å². The van der Waals surface area contributed by atoms with Crippen LogP contribution in [0.3, 0.4) is 0 Å². The third-order valence-electron chi connectivity index (χ3n) is 3.30. The van der Waals surface area contributed by atoms with Crippen LogP contribution in [0, 0.1) is 0 Å². The third kappa shape index (κ3) is 3.96. The van der Waals surface area contributed by atoms with Gasteiger partial charge >= 0.3 is 0 Å². The molecule has 0 radical (unpaired) electrons. The normalized spacial score (nSPS) is 14.2. The van der Waals surface area contributed by atoms with Crippen LogP contribution in [-0.2, 0) is 16.3 Å². The topological polar surface area (TPSA) is 75.3 Å².